The minimum atomic E-state index is -3.20. The molecule has 32 heavy (non-hydrogen) atoms. The molecule has 7 heteroatoms. The van der Waals surface area contributed by atoms with Crippen LogP contribution in [0.2, 0.25) is 0 Å². The van der Waals surface area contributed by atoms with E-state index in [-0.39, 0.29) is 29.2 Å². The third-order valence-corrected chi connectivity index (χ3v) is 8.07. The van der Waals surface area contributed by atoms with Gasteiger partial charge in [0.2, 0.25) is 0 Å². The highest BCUT2D eigenvalue weighted by atomic mass is 32.2. The zero-order valence-corrected chi connectivity index (χ0v) is 19.4. The Balaban J connectivity index is 1.75. The van der Waals surface area contributed by atoms with E-state index in [1.165, 1.54) is 11.6 Å². The van der Waals surface area contributed by atoms with Crippen molar-refractivity contribution in [3.63, 3.8) is 0 Å². The zero-order chi connectivity index (χ0) is 23.0. The smallest absolute Gasteiger partial charge is 0.290 e. The number of benzene rings is 2. The van der Waals surface area contributed by atoms with Gasteiger partial charge in [-0.2, -0.15) is 0 Å². The van der Waals surface area contributed by atoms with Crippen LogP contribution in [0.15, 0.2) is 51.7 Å². The molecule has 0 saturated carbocycles. The van der Waals surface area contributed by atoms with Crippen LogP contribution in [0.25, 0.3) is 11.0 Å². The topological polar surface area (TPSA) is 84.7 Å². The molecule has 4 rings (SSSR count). The minimum absolute atomic E-state index is 0.0518. The van der Waals surface area contributed by atoms with Crippen molar-refractivity contribution in [2.24, 2.45) is 0 Å². The monoisotopic (exact) mass is 453 g/mol. The third kappa shape index (κ3) is 4.35. The average Bonchev–Trinajstić information content (AvgIpc) is 3.14. The summed E-state index contributed by atoms with van der Waals surface area (Å²) in [5.74, 6) is -0.560. The molecule has 3 aromatic rings. The highest BCUT2D eigenvalue weighted by molar-refractivity contribution is 7.91. The summed E-state index contributed by atoms with van der Waals surface area (Å²) in [6.07, 6.45) is 1.28. The number of carbonyl (C=O) groups excluding carboxylic acids is 1. The molecule has 168 valence electrons. The summed E-state index contributed by atoms with van der Waals surface area (Å²) >= 11 is 0. The molecule has 1 atom stereocenters. The van der Waals surface area contributed by atoms with E-state index in [1.807, 2.05) is 44.2 Å². The van der Waals surface area contributed by atoms with Gasteiger partial charge in [-0.25, -0.2) is 8.42 Å². The number of rotatable bonds is 5. The predicted molar refractivity (Wildman–Crippen MR) is 125 cm³/mol. The van der Waals surface area contributed by atoms with Gasteiger partial charge in [0.1, 0.15) is 5.58 Å². The first-order chi connectivity index (χ1) is 15.2. The number of aryl methyl sites for hydroxylation is 3. The van der Waals surface area contributed by atoms with Gasteiger partial charge < -0.3 is 9.32 Å². The Bertz CT molecular complexity index is 1340. The molecule has 0 aliphatic carbocycles. The Morgan fingerprint density at radius 3 is 2.41 bits per heavy atom. The lowest BCUT2D eigenvalue weighted by Gasteiger charge is -2.28. The van der Waals surface area contributed by atoms with Crippen LogP contribution in [0.3, 0.4) is 0 Å². The quantitative estimate of drug-likeness (QED) is 0.587. The lowest BCUT2D eigenvalue weighted by Crippen LogP contribution is -2.41. The predicted octanol–water partition coefficient (Wildman–Crippen LogP) is 3.80. The van der Waals surface area contributed by atoms with Gasteiger partial charge in [-0.05, 0) is 55.0 Å². The number of nitrogens with zero attached hydrogens (tertiary/aromatic N) is 1. The highest BCUT2D eigenvalue weighted by Gasteiger charge is 2.36. The van der Waals surface area contributed by atoms with Gasteiger partial charge in [0.25, 0.3) is 5.91 Å². The Kier molecular flexibility index (Phi) is 5.95. The normalized spacial score (nSPS) is 17.5. The standard InChI is InChI=1S/C25H27NO5S/c1-4-18-6-8-19(9-7-18)14-26(20-11-12-32(29,30)15-20)25(28)23-13-22(27)21-10-5-16(2)17(3)24(21)31-23/h5-10,13,20H,4,11-12,14-15H2,1-3H3. The number of hydrogen-bond donors (Lipinski definition) is 0. The molecule has 1 aliphatic heterocycles. The Morgan fingerprint density at radius 1 is 1.09 bits per heavy atom. The van der Waals surface area contributed by atoms with E-state index in [0.717, 1.165) is 23.1 Å². The summed E-state index contributed by atoms with van der Waals surface area (Å²) < 4.78 is 30.2. The molecule has 1 aliphatic rings. The molecule has 0 spiro atoms. The van der Waals surface area contributed by atoms with Crippen molar-refractivity contribution < 1.29 is 17.6 Å². The van der Waals surface area contributed by atoms with E-state index >= 15 is 0 Å². The number of hydrogen-bond acceptors (Lipinski definition) is 5. The summed E-state index contributed by atoms with van der Waals surface area (Å²) in [4.78, 5) is 27.8. The van der Waals surface area contributed by atoms with Crippen LogP contribution in [0, 0.1) is 13.8 Å². The molecule has 2 heterocycles. The average molecular weight is 454 g/mol. The van der Waals surface area contributed by atoms with Gasteiger partial charge in [0, 0.05) is 18.7 Å². The highest BCUT2D eigenvalue weighted by Crippen LogP contribution is 2.25. The SMILES string of the molecule is CCc1ccc(CN(C(=O)c2cc(=O)c3ccc(C)c(C)c3o2)C2CCS(=O)(=O)C2)cc1. The second-order valence-electron chi connectivity index (χ2n) is 8.52. The van der Waals surface area contributed by atoms with Gasteiger partial charge in [0.05, 0.1) is 16.9 Å². The van der Waals surface area contributed by atoms with Crippen LogP contribution in [-0.2, 0) is 22.8 Å². The summed E-state index contributed by atoms with van der Waals surface area (Å²) in [5, 5.41) is 0.426. The van der Waals surface area contributed by atoms with E-state index < -0.39 is 21.8 Å². The lowest BCUT2D eigenvalue weighted by atomic mass is 10.1. The van der Waals surface area contributed by atoms with Crippen LogP contribution in [0.4, 0.5) is 0 Å². The maximum atomic E-state index is 13.6. The number of fused-ring (bicyclic) bond motifs is 1. The van der Waals surface area contributed by atoms with Crippen molar-refractivity contribution in [2.75, 3.05) is 11.5 Å². The van der Waals surface area contributed by atoms with Crippen LogP contribution < -0.4 is 5.43 Å². The van der Waals surface area contributed by atoms with Crippen LogP contribution >= 0.6 is 0 Å². The molecule has 2 aromatic carbocycles. The van der Waals surface area contributed by atoms with Crippen LogP contribution in [-0.4, -0.2) is 36.8 Å². The van der Waals surface area contributed by atoms with Crippen molar-refractivity contribution in [3.05, 3.63) is 80.7 Å². The van der Waals surface area contributed by atoms with Crippen molar-refractivity contribution >= 4 is 26.7 Å². The molecule has 1 unspecified atom stereocenters. The van der Waals surface area contributed by atoms with E-state index in [2.05, 4.69) is 6.92 Å². The van der Waals surface area contributed by atoms with Crippen molar-refractivity contribution in [2.45, 2.75) is 46.2 Å². The van der Waals surface area contributed by atoms with E-state index in [4.69, 9.17) is 4.42 Å². The Hall–Kier alpha value is -2.93. The lowest BCUT2D eigenvalue weighted by molar-refractivity contribution is 0.0648. The van der Waals surface area contributed by atoms with Gasteiger partial charge in [-0.3, -0.25) is 9.59 Å². The summed E-state index contributed by atoms with van der Waals surface area (Å²) in [6.45, 7) is 6.08. The third-order valence-electron chi connectivity index (χ3n) is 6.32. The maximum absolute atomic E-state index is 13.6. The molecule has 6 nitrogen and oxygen atoms in total. The molecular formula is C25H27NO5S. The van der Waals surface area contributed by atoms with Crippen LogP contribution in [0.1, 0.15) is 46.2 Å². The fraction of sp³-hybridized carbons (Fsp3) is 0.360. The van der Waals surface area contributed by atoms with Gasteiger partial charge in [-0.1, -0.05) is 37.3 Å². The van der Waals surface area contributed by atoms with Crippen molar-refractivity contribution in [1.82, 2.24) is 4.90 Å². The minimum Gasteiger partial charge on any atom is -0.450 e. The van der Waals surface area contributed by atoms with Gasteiger partial charge >= 0.3 is 0 Å². The first-order valence-electron chi connectivity index (χ1n) is 10.8. The van der Waals surface area contributed by atoms with E-state index in [1.54, 1.807) is 11.0 Å². The van der Waals surface area contributed by atoms with Crippen molar-refractivity contribution in [1.29, 1.82) is 0 Å². The molecular weight excluding hydrogens is 426 g/mol. The molecule has 1 fully saturated rings. The van der Waals surface area contributed by atoms with Crippen LogP contribution in [0.5, 0.6) is 0 Å². The molecule has 0 radical (unpaired) electrons. The second-order valence-corrected chi connectivity index (χ2v) is 10.7. The molecule has 0 N–H and O–H groups in total. The molecule has 1 saturated heterocycles. The first kappa shape index (κ1) is 22.3. The summed E-state index contributed by atoms with van der Waals surface area (Å²) in [7, 11) is -3.20. The molecule has 0 bridgehead atoms. The van der Waals surface area contributed by atoms with Gasteiger partial charge in [0.15, 0.2) is 21.0 Å². The maximum Gasteiger partial charge on any atom is 0.290 e. The summed E-state index contributed by atoms with van der Waals surface area (Å²) in [5.41, 5.74) is 3.95. The zero-order valence-electron chi connectivity index (χ0n) is 18.6. The molecule has 1 amide bonds. The number of carbonyl (C=O) groups is 1. The van der Waals surface area contributed by atoms with Gasteiger partial charge in [-0.15, -0.1) is 0 Å². The second kappa shape index (κ2) is 8.54. The number of sulfone groups is 1. The molecule has 1 aromatic heterocycles. The number of amides is 1. The summed E-state index contributed by atoms with van der Waals surface area (Å²) in [6, 6.07) is 12.2. The fourth-order valence-corrected chi connectivity index (χ4v) is 5.89. The largest absolute Gasteiger partial charge is 0.450 e. The Labute approximate surface area is 187 Å². The first-order valence-corrected chi connectivity index (χ1v) is 12.6. The van der Waals surface area contributed by atoms with E-state index in [9.17, 15) is 18.0 Å². The Morgan fingerprint density at radius 2 is 1.78 bits per heavy atom. The fourth-order valence-electron chi connectivity index (χ4n) is 4.16. The van der Waals surface area contributed by atoms with E-state index in [0.29, 0.717) is 17.4 Å². The van der Waals surface area contributed by atoms with Crippen molar-refractivity contribution in [3.8, 4) is 0 Å².